The summed E-state index contributed by atoms with van der Waals surface area (Å²) in [6, 6.07) is 1.99. The summed E-state index contributed by atoms with van der Waals surface area (Å²) in [6.45, 7) is 1.80. The summed E-state index contributed by atoms with van der Waals surface area (Å²) in [6.07, 6.45) is 0. The van der Waals surface area contributed by atoms with Crippen molar-refractivity contribution in [2.45, 2.75) is 0 Å². The average molecular weight is 230 g/mol. The summed E-state index contributed by atoms with van der Waals surface area (Å²) < 4.78 is 0. The fraction of sp³-hybridized carbons (Fsp3) is 0.500. The van der Waals surface area contributed by atoms with Crippen molar-refractivity contribution in [1.82, 2.24) is 4.98 Å². The highest BCUT2D eigenvalue weighted by Crippen LogP contribution is 2.32. The zero-order chi connectivity index (χ0) is 10.1. The molecule has 1 aromatic heterocycles. The second-order valence-electron chi connectivity index (χ2n) is 3.18. The van der Waals surface area contributed by atoms with Crippen LogP contribution in [0.4, 0.5) is 5.13 Å². The van der Waals surface area contributed by atoms with E-state index in [0.717, 1.165) is 18.2 Å². The van der Waals surface area contributed by atoms with E-state index in [1.807, 2.05) is 11.0 Å². The molecule has 14 heavy (non-hydrogen) atoms. The molecule has 2 heterocycles. The van der Waals surface area contributed by atoms with Gasteiger partial charge >= 0.3 is 0 Å². The van der Waals surface area contributed by atoms with Gasteiger partial charge in [-0.2, -0.15) is 5.26 Å². The van der Waals surface area contributed by atoms with E-state index in [4.69, 9.17) is 22.0 Å². The smallest absolute Gasteiger partial charge is 0.188 e. The van der Waals surface area contributed by atoms with E-state index in [-0.39, 0.29) is 11.8 Å². The van der Waals surface area contributed by atoms with E-state index in [1.165, 1.54) is 11.3 Å². The largest absolute Gasteiger partial charge is 0.396 e. The van der Waals surface area contributed by atoms with E-state index >= 15 is 0 Å². The first-order valence-electron chi connectivity index (χ1n) is 4.17. The van der Waals surface area contributed by atoms with Gasteiger partial charge in [0.15, 0.2) is 10.3 Å². The predicted octanol–water partition coefficient (Wildman–Crippen LogP) is 1.10. The molecule has 1 saturated heterocycles. The van der Waals surface area contributed by atoms with Crippen molar-refractivity contribution in [1.29, 1.82) is 5.26 Å². The fourth-order valence-electron chi connectivity index (χ4n) is 1.34. The van der Waals surface area contributed by atoms with Crippen molar-refractivity contribution < 1.29 is 5.11 Å². The highest BCUT2D eigenvalue weighted by molar-refractivity contribution is 7.16. The molecule has 0 amide bonds. The Hall–Kier alpha value is -0.830. The van der Waals surface area contributed by atoms with Crippen LogP contribution in [-0.4, -0.2) is 29.8 Å². The third-order valence-corrected chi connectivity index (χ3v) is 3.57. The standard InChI is InChI=1S/C8H8ClN3OS/c9-7-6(1-10)14-8(11-7)12-2-5(3-12)4-13/h5,13H,2-4H2. The number of aromatic nitrogens is 1. The zero-order valence-corrected chi connectivity index (χ0v) is 8.85. The Balaban J connectivity index is 2.09. The summed E-state index contributed by atoms with van der Waals surface area (Å²) in [5, 5.41) is 18.6. The van der Waals surface area contributed by atoms with Gasteiger partial charge in [0, 0.05) is 25.6 Å². The Bertz CT molecular complexity index is 380. The van der Waals surface area contributed by atoms with Crippen LogP contribution in [-0.2, 0) is 0 Å². The Morgan fingerprint density at radius 3 is 2.93 bits per heavy atom. The first-order valence-corrected chi connectivity index (χ1v) is 5.36. The average Bonchev–Trinajstić information content (AvgIpc) is 2.45. The second-order valence-corrected chi connectivity index (χ2v) is 4.52. The van der Waals surface area contributed by atoms with Gasteiger partial charge in [-0.05, 0) is 0 Å². The maximum Gasteiger partial charge on any atom is 0.188 e. The van der Waals surface area contributed by atoms with Gasteiger partial charge < -0.3 is 10.0 Å². The van der Waals surface area contributed by atoms with E-state index in [2.05, 4.69) is 4.98 Å². The van der Waals surface area contributed by atoms with Crippen LogP contribution in [0.15, 0.2) is 0 Å². The lowest BCUT2D eigenvalue weighted by Crippen LogP contribution is -2.48. The van der Waals surface area contributed by atoms with E-state index < -0.39 is 0 Å². The van der Waals surface area contributed by atoms with Gasteiger partial charge in [-0.25, -0.2) is 4.98 Å². The molecule has 2 rings (SSSR count). The Labute approximate surface area is 90.4 Å². The summed E-state index contributed by atoms with van der Waals surface area (Å²) in [5.41, 5.74) is 0. The van der Waals surface area contributed by atoms with Crippen LogP contribution >= 0.6 is 22.9 Å². The number of aliphatic hydroxyl groups is 1. The van der Waals surface area contributed by atoms with Crippen molar-refractivity contribution in [3.63, 3.8) is 0 Å². The zero-order valence-electron chi connectivity index (χ0n) is 7.27. The quantitative estimate of drug-likeness (QED) is 0.825. The number of aliphatic hydroxyl groups excluding tert-OH is 1. The second kappa shape index (κ2) is 3.73. The molecule has 0 spiro atoms. The van der Waals surface area contributed by atoms with Crippen LogP contribution in [0.2, 0.25) is 5.15 Å². The maximum atomic E-state index is 8.83. The summed E-state index contributed by atoms with van der Waals surface area (Å²) >= 11 is 7.04. The number of halogens is 1. The van der Waals surface area contributed by atoms with Crippen molar-refractivity contribution in [3.05, 3.63) is 10.0 Å². The van der Waals surface area contributed by atoms with Crippen LogP contribution < -0.4 is 4.90 Å². The molecule has 0 bridgehead atoms. The molecular weight excluding hydrogens is 222 g/mol. The lowest BCUT2D eigenvalue weighted by atomic mass is 10.0. The lowest BCUT2D eigenvalue weighted by molar-refractivity contribution is 0.200. The van der Waals surface area contributed by atoms with Gasteiger partial charge in [-0.3, -0.25) is 0 Å². The number of anilines is 1. The highest BCUT2D eigenvalue weighted by atomic mass is 35.5. The molecule has 1 fully saturated rings. The summed E-state index contributed by atoms with van der Waals surface area (Å²) in [4.78, 5) is 6.54. The molecule has 4 nitrogen and oxygen atoms in total. The molecule has 0 radical (unpaired) electrons. The van der Waals surface area contributed by atoms with Gasteiger partial charge in [-0.15, -0.1) is 0 Å². The first-order chi connectivity index (χ1) is 6.74. The lowest BCUT2D eigenvalue weighted by Gasteiger charge is -2.37. The third-order valence-electron chi connectivity index (χ3n) is 2.16. The minimum absolute atomic E-state index is 0.209. The molecular formula is C8H8ClN3OS. The molecule has 6 heteroatoms. The molecule has 0 unspecified atom stereocenters. The molecule has 0 atom stereocenters. The topological polar surface area (TPSA) is 60.2 Å². The number of hydrogen-bond acceptors (Lipinski definition) is 5. The Kier molecular flexibility index (Phi) is 2.59. The number of thiazole rings is 1. The Morgan fingerprint density at radius 2 is 2.43 bits per heavy atom. The maximum absolute atomic E-state index is 8.83. The number of nitriles is 1. The molecule has 0 aliphatic carbocycles. The molecule has 0 aromatic carbocycles. The monoisotopic (exact) mass is 229 g/mol. The highest BCUT2D eigenvalue weighted by Gasteiger charge is 2.28. The van der Waals surface area contributed by atoms with Crippen LogP contribution in [0.5, 0.6) is 0 Å². The van der Waals surface area contributed by atoms with E-state index in [9.17, 15) is 0 Å². The fourth-order valence-corrected chi connectivity index (χ4v) is 2.40. The van der Waals surface area contributed by atoms with Crippen LogP contribution in [0, 0.1) is 17.2 Å². The van der Waals surface area contributed by atoms with Crippen molar-refractivity contribution in [3.8, 4) is 6.07 Å². The van der Waals surface area contributed by atoms with Crippen molar-refractivity contribution >= 4 is 28.1 Å². The van der Waals surface area contributed by atoms with E-state index in [0.29, 0.717) is 10.8 Å². The van der Waals surface area contributed by atoms with Gasteiger partial charge in [0.1, 0.15) is 10.9 Å². The number of nitrogens with zero attached hydrogens (tertiary/aromatic N) is 3. The summed E-state index contributed by atoms with van der Waals surface area (Å²) in [7, 11) is 0. The van der Waals surface area contributed by atoms with Crippen LogP contribution in [0.3, 0.4) is 0 Å². The molecule has 1 N–H and O–H groups in total. The minimum Gasteiger partial charge on any atom is -0.396 e. The summed E-state index contributed by atoms with van der Waals surface area (Å²) in [5.74, 6) is 0.336. The third kappa shape index (κ3) is 1.57. The van der Waals surface area contributed by atoms with Crippen LogP contribution in [0.1, 0.15) is 4.88 Å². The molecule has 1 aliphatic heterocycles. The van der Waals surface area contributed by atoms with E-state index in [1.54, 1.807) is 0 Å². The predicted molar refractivity (Wildman–Crippen MR) is 54.6 cm³/mol. The molecule has 1 aliphatic rings. The number of hydrogen-bond donors (Lipinski definition) is 1. The van der Waals surface area contributed by atoms with Gasteiger partial charge in [0.05, 0.1) is 0 Å². The normalized spacial score (nSPS) is 16.5. The molecule has 0 saturated carbocycles. The SMILES string of the molecule is N#Cc1sc(N2CC(CO)C2)nc1Cl. The number of rotatable bonds is 2. The first kappa shape index (κ1) is 9.71. The molecule has 74 valence electrons. The minimum atomic E-state index is 0.209. The van der Waals surface area contributed by atoms with Gasteiger partial charge in [-0.1, -0.05) is 22.9 Å². The van der Waals surface area contributed by atoms with Crippen LogP contribution in [0.25, 0.3) is 0 Å². The van der Waals surface area contributed by atoms with Crippen molar-refractivity contribution in [2.24, 2.45) is 5.92 Å². The van der Waals surface area contributed by atoms with Crippen molar-refractivity contribution in [2.75, 3.05) is 24.6 Å². The van der Waals surface area contributed by atoms with Gasteiger partial charge in [0.2, 0.25) is 0 Å². The van der Waals surface area contributed by atoms with Gasteiger partial charge in [0.25, 0.3) is 0 Å². The Morgan fingerprint density at radius 1 is 1.71 bits per heavy atom. The molecule has 1 aromatic rings.